The topological polar surface area (TPSA) is 52.7 Å². The third-order valence-electron chi connectivity index (χ3n) is 4.28. The SMILES string of the molecule is CCN(CC)CCNC(=O)[C@H]1CCN(c2ccc(Cl)cc2)C1=O. The molecule has 0 saturated carbocycles. The van der Waals surface area contributed by atoms with Crippen LogP contribution in [0.15, 0.2) is 24.3 Å². The maximum Gasteiger partial charge on any atom is 0.239 e. The van der Waals surface area contributed by atoms with Crippen molar-refractivity contribution in [1.82, 2.24) is 10.2 Å². The van der Waals surface area contributed by atoms with Gasteiger partial charge in [0.25, 0.3) is 0 Å². The molecule has 1 aromatic carbocycles. The number of benzene rings is 1. The van der Waals surface area contributed by atoms with Crippen molar-refractivity contribution in [1.29, 1.82) is 0 Å². The fourth-order valence-corrected chi connectivity index (χ4v) is 2.93. The van der Waals surface area contributed by atoms with Crippen molar-refractivity contribution in [3.8, 4) is 0 Å². The van der Waals surface area contributed by atoms with Crippen LogP contribution < -0.4 is 10.2 Å². The second-order valence-electron chi connectivity index (χ2n) is 5.63. The number of amides is 2. The third-order valence-corrected chi connectivity index (χ3v) is 4.53. The monoisotopic (exact) mass is 337 g/mol. The number of nitrogens with one attached hydrogen (secondary N) is 1. The Kier molecular flexibility index (Phi) is 6.42. The van der Waals surface area contributed by atoms with E-state index in [4.69, 9.17) is 11.6 Å². The number of anilines is 1. The van der Waals surface area contributed by atoms with E-state index in [2.05, 4.69) is 24.1 Å². The number of rotatable bonds is 7. The minimum Gasteiger partial charge on any atom is -0.354 e. The third kappa shape index (κ3) is 4.45. The first kappa shape index (κ1) is 17.8. The lowest BCUT2D eigenvalue weighted by Gasteiger charge is -2.19. The zero-order valence-electron chi connectivity index (χ0n) is 13.7. The maximum atomic E-state index is 12.5. The summed E-state index contributed by atoms with van der Waals surface area (Å²) in [5.74, 6) is -0.881. The van der Waals surface area contributed by atoms with Crippen molar-refractivity contribution in [2.75, 3.05) is 37.6 Å². The molecule has 23 heavy (non-hydrogen) atoms. The first-order valence-corrected chi connectivity index (χ1v) is 8.51. The predicted octanol–water partition coefficient (Wildman–Crippen LogP) is 2.15. The molecule has 0 bridgehead atoms. The van der Waals surface area contributed by atoms with Crippen molar-refractivity contribution >= 4 is 29.1 Å². The highest BCUT2D eigenvalue weighted by atomic mass is 35.5. The molecule has 5 nitrogen and oxygen atoms in total. The summed E-state index contributed by atoms with van der Waals surface area (Å²) < 4.78 is 0. The standard InChI is InChI=1S/C17H24ClN3O2/c1-3-20(4-2)12-10-19-16(22)15-9-11-21(17(15)23)14-7-5-13(18)6-8-14/h5-8,15H,3-4,9-12H2,1-2H3,(H,19,22)/t15-/m1/s1. The molecule has 1 aromatic rings. The molecule has 0 spiro atoms. The molecule has 1 saturated heterocycles. The van der Waals surface area contributed by atoms with Crippen molar-refractivity contribution in [2.45, 2.75) is 20.3 Å². The fourth-order valence-electron chi connectivity index (χ4n) is 2.80. The number of nitrogens with zero attached hydrogens (tertiary/aromatic N) is 2. The average molecular weight is 338 g/mol. The summed E-state index contributed by atoms with van der Waals surface area (Å²) in [6, 6.07) is 7.12. The minimum atomic E-state index is -0.581. The van der Waals surface area contributed by atoms with Crippen LogP contribution in [0.3, 0.4) is 0 Å². The van der Waals surface area contributed by atoms with E-state index in [0.717, 1.165) is 25.3 Å². The van der Waals surface area contributed by atoms with Crippen molar-refractivity contribution in [3.63, 3.8) is 0 Å². The van der Waals surface area contributed by atoms with Gasteiger partial charge in [0.15, 0.2) is 0 Å². The van der Waals surface area contributed by atoms with Crippen molar-refractivity contribution in [2.24, 2.45) is 5.92 Å². The summed E-state index contributed by atoms with van der Waals surface area (Å²) in [5.41, 5.74) is 0.790. The summed E-state index contributed by atoms with van der Waals surface area (Å²) in [7, 11) is 0. The van der Waals surface area contributed by atoms with Crippen LogP contribution in [-0.2, 0) is 9.59 Å². The van der Waals surface area contributed by atoms with E-state index in [-0.39, 0.29) is 11.8 Å². The van der Waals surface area contributed by atoms with Gasteiger partial charge in [0.2, 0.25) is 11.8 Å². The predicted molar refractivity (Wildman–Crippen MR) is 92.7 cm³/mol. The van der Waals surface area contributed by atoms with E-state index >= 15 is 0 Å². The van der Waals surface area contributed by atoms with Crippen molar-refractivity contribution < 1.29 is 9.59 Å². The first-order valence-electron chi connectivity index (χ1n) is 8.13. The Bertz CT molecular complexity index is 543. The molecular weight excluding hydrogens is 314 g/mol. The summed E-state index contributed by atoms with van der Waals surface area (Å²) >= 11 is 5.87. The molecule has 1 aliphatic rings. The molecule has 1 atom stereocenters. The van der Waals surface area contributed by atoms with E-state index < -0.39 is 5.92 Å². The van der Waals surface area contributed by atoms with E-state index in [9.17, 15) is 9.59 Å². The minimum absolute atomic E-state index is 0.132. The highest BCUT2D eigenvalue weighted by Crippen LogP contribution is 2.26. The Morgan fingerprint density at radius 2 is 1.96 bits per heavy atom. The molecule has 0 aromatic heterocycles. The summed E-state index contributed by atoms with van der Waals surface area (Å²) in [4.78, 5) is 28.6. The highest BCUT2D eigenvalue weighted by Gasteiger charge is 2.37. The van der Waals surface area contributed by atoms with Gasteiger partial charge >= 0.3 is 0 Å². The molecule has 0 aliphatic carbocycles. The molecular formula is C17H24ClN3O2. The molecule has 2 amide bonds. The fraction of sp³-hybridized carbons (Fsp3) is 0.529. The second-order valence-corrected chi connectivity index (χ2v) is 6.06. The molecule has 6 heteroatoms. The van der Waals surface area contributed by atoms with E-state index in [0.29, 0.717) is 24.5 Å². The molecule has 0 unspecified atom stereocenters. The molecule has 1 aliphatic heterocycles. The van der Waals surface area contributed by atoms with Gasteiger partial charge in [-0.15, -0.1) is 0 Å². The Morgan fingerprint density at radius 3 is 2.57 bits per heavy atom. The quantitative estimate of drug-likeness (QED) is 0.776. The van der Waals surface area contributed by atoms with Crippen molar-refractivity contribution in [3.05, 3.63) is 29.3 Å². The largest absolute Gasteiger partial charge is 0.354 e. The summed E-state index contributed by atoms with van der Waals surface area (Å²) in [5, 5.41) is 3.52. The summed E-state index contributed by atoms with van der Waals surface area (Å²) in [6.07, 6.45) is 0.554. The molecule has 1 N–H and O–H groups in total. The average Bonchev–Trinajstić information content (AvgIpc) is 2.94. The van der Waals surface area contributed by atoms with E-state index in [1.807, 2.05) is 0 Å². The van der Waals surface area contributed by atoms with Crippen LogP contribution in [0.1, 0.15) is 20.3 Å². The Labute approximate surface area is 142 Å². The number of carbonyl (C=O) groups is 2. The lowest BCUT2D eigenvalue weighted by atomic mass is 10.1. The van der Waals surface area contributed by atoms with Gasteiger partial charge in [0, 0.05) is 30.3 Å². The van der Waals surface area contributed by atoms with Crippen LogP contribution in [0, 0.1) is 5.92 Å². The number of halogens is 1. The lowest BCUT2D eigenvalue weighted by Crippen LogP contribution is -2.40. The molecule has 2 rings (SSSR count). The van der Waals surface area contributed by atoms with Gasteiger partial charge in [0.1, 0.15) is 5.92 Å². The Morgan fingerprint density at radius 1 is 1.30 bits per heavy atom. The molecule has 1 fully saturated rings. The molecule has 126 valence electrons. The van der Waals surface area contributed by atoms with Gasteiger partial charge in [-0.1, -0.05) is 25.4 Å². The maximum absolute atomic E-state index is 12.5. The normalized spacial score (nSPS) is 17.8. The number of hydrogen-bond donors (Lipinski definition) is 1. The zero-order chi connectivity index (χ0) is 16.8. The number of hydrogen-bond acceptors (Lipinski definition) is 3. The first-order chi connectivity index (χ1) is 11.1. The van der Waals surface area contributed by atoms with Crippen LogP contribution in [0.2, 0.25) is 5.02 Å². The molecule has 0 radical (unpaired) electrons. The van der Waals surface area contributed by atoms with Gasteiger partial charge in [-0.05, 0) is 43.8 Å². The Hall–Kier alpha value is -1.59. The number of carbonyl (C=O) groups excluding carboxylic acids is 2. The summed E-state index contributed by atoms with van der Waals surface area (Å²) in [6.45, 7) is 8.05. The van der Waals surface area contributed by atoms with Crippen LogP contribution in [-0.4, -0.2) is 49.4 Å². The highest BCUT2D eigenvalue weighted by molar-refractivity contribution is 6.30. The molecule has 1 heterocycles. The van der Waals surface area contributed by atoms with Gasteiger partial charge in [-0.25, -0.2) is 0 Å². The van der Waals surface area contributed by atoms with Crippen LogP contribution >= 0.6 is 11.6 Å². The second kappa shape index (κ2) is 8.31. The zero-order valence-corrected chi connectivity index (χ0v) is 14.5. The van der Waals surface area contributed by atoms with Gasteiger partial charge in [-0.2, -0.15) is 0 Å². The van der Waals surface area contributed by atoms with Gasteiger partial charge < -0.3 is 15.1 Å². The Balaban J connectivity index is 1.88. The van der Waals surface area contributed by atoms with E-state index in [1.54, 1.807) is 29.2 Å². The van der Waals surface area contributed by atoms with Crippen LogP contribution in [0.5, 0.6) is 0 Å². The van der Waals surface area contributed by atoms with E-state index in [1.165, 1.54) is 0 Å². The lowest BCUT2D eigenvalue weighted by molar-refractivity contribution is -0.132. The van der Waals surface area contributed by atoms with Crippen LogP contribution in [0.4, 0.5) is 5.69 Å². The van der Waals surface area contributed by atoms with Crippen LogP contribution in [0.25, 0.3) is 0 Å². The number of likely N-dealkylation sites (N-methyl/N-ethyl adjacent to an activating group) is 1. The van der Waals surface area contributed by atoms with Gasteiger partial charge in [-0.3, -0.25) is 9.59 Å². The van der Waals surface area contributed by atoms with Gasteiger partial charge in [0.05, 0.1) is 0 Å². The smallest absolute Gasteiger partial charge is 0.239 e.